The molecule has 0 fully saturated rings. The molecule has 3 heteroatoms. The van der Waals surface area contributed by atoms with Crippen LogP contribution >= 0.6 is 0 Å². The van der Waals surface area contributed by atoms with Gasteiger partial charge in [-0.1, -0.05) is 53.2 Å². The topological polar surface area (TPSA) is 38.7 Å². The number of benzene rings is 2. The quantitative estimate of drug-likeness (QED) is 0.476. The van der Waals surface area contributed by atoms with Crippen LogP contribution in [0.25, 0.3) is 0 Å². The standard InChI is InChI=1S/C16H15NO2/c1-12-8-10-15(11-9-12)16(18)19-17-13(2)14-6-4-3-5-7-14/h3-11H,1-2H3. The second kappa shape index (κ2) is 5.96. The number of carbonyl (C=O) groups excluding carboxylic acids is 1. The molecule has 19 heavy (non-hydrogen) atoms. The molecule has 0 bridgehead atoms. The third kappa shape index (κ3) is 3.52. The summed E-state index contributed by atoms with van der Waals surface area (Å²) in [6.07, 6.45) is 0. The Kier molecular flexibility index (Phi) is 4.08. The molecule has 96 valence electrons. The van der Waals surface area contributed by atoms with Gasteiger partial charge >= 0.3 is 5.97 Å². The molecule has 0 N–H and O–H groups in total. The Bertz CT molecular complexity index is 586. The number of nitrogens with zero attached hydrogens (tertiary/aromatic N) is 1. The van der Waals surface area contributed by atoms with Crippen LogP contribution in [-0.2, 0) is 4.84 Å². The molecule has 0 aliphatic rings. The van der Waals surface area contributed by atoms with Crippen LogP contribution < -0.4 is 0 Å². The first-order valence-corrected chi connectivity index (χ1v) is 6.05. The predicted octanol–water partition coefficient (Wildman–Crippen LogP) is 3.58. The zero-order valence-electron chi connectivity index (χ0n) is 11.0. The molecule has 0 heterocycles. The minimum absolute atomic E-state index is 0.449. The third-order valence-electron chi connectivity index (χ3n) is 2.74. The van der Waals surface area contributed by atoms with Crippen molar-refractivity contribution in [3.05, 3.63) is 71.3 Å². The minimum atomic E-state index is -0.449. The van der Waals surface area contributed by atoms with Crippen LogP contribution in [0.15, 0.2) is 59.8 Å². The molecule has 0 unspecified atom stereocenters. The van der Waals surface area contributed by atoms with Crippen LogP contribution in [0, 0.1) is 6.92 Å². The molecule has 0 aliphatic carbocycles. The normalized spacial score (nSPS) is 11.2. The van der Waals surface area contributed by atoms with E-state index in [0.717, 1.165) is 11.1 Å². The first-order valence-electron chi connectivity index (χ1n) is 6.05. The van der Waals surface area contributed by atoms with Crippen molar-refractivity contribution < 1.29 is 9.63 Å². The molecule has 0 spiro atoms. The molecule has 3 nitrogen and oxygen atoms in total. The van der Waals surface area contributed by atoms with Crippen molar-refractivity contribution in [3.8, 4) is 0 Å². The molecular weight excluding hydrogens is 238 g/mol. The highest BCUT2D eigenvalue weighted by molar-refractivity contribution is 5.99. The number of oxime groups is 1. The Morgan fingerprint density at radius 3 is 2.21 bits per heavy atom. The van der Waals surface area contributed by atoms with Crippen LogP contribution in [0.3, 0.4) is 0 Å². The first-order chi connectivity index (χ1) is 9.16. The van der Waals surface area contributed by atoms with Gasteiger partial charge in [0.1, 0.15) is 0 Å². The second-order valence-electron chi connectivity index (χ2n) is 4.29. The van der Waals surface area contributed by atoms with Gasteiger partial charge in [0.05, 0.1) is 11.3 Å². The molecule has 2 aromatic rings. The summed E-state index contributed by atoms with van der Waals surface area (Å²) in [7, 11) is 0. The molecule has 0 atom stereocenters. The van der Waals surface area contributed by atoms with Gasteiger partial charge in [-0.2, -0.15) is 0 Å². The molecule has 2 rings (SSSR count). The van der Waals surface area contributed by atoms with E-state index in [-0.39, 0.29) is 0 Å². The molecule has 0 aromatic heterocycles. The van der Waals surface area contributed by atoms with Crippen LogP contribution in [0.2, 0.25) is 0 Å². The van der Waals surface area contributed by atoms with E-state index in [9.17, 15) is 4.79 Å². The Morgan fingerprint density at radius 1 is 0.947 bits per heavy atom. The fourth-order valence-corrected chi connectivity index (χ4v) is 1.58. The van der Waals surface area contributed by atoms with E-state index >= 15 is 0 Å². The van der Waals surface area contributed by atoms with Crippen LogP contribution in [-0.4, -0.2) is 11.7 Å². The Balaban J connectivity index is 2.06. The van der Waals surface area contributed by atoms with E-state index in [4.69, 9.17) is 4.84 Å². The molecule has 0 amide bonds. The highest BCUT2D eigenvalue weighted by atomic mass is 16.7. The molecule has 0 saturated carbocycles. The van der Waals surface area contributed by atoms with E-state index in [2.05, 4.69) is 5.16 Å². The summed E-state index contributed by atoms with van der Waals surface area (Å²) in [4.78, 5) is 16.7. The maximum absolute atomic E-state index is 11.8. The van der Waals surface area contributed by atoms with Crippen molar-refractivity contribution in [3.63, 3.8) is 0 Å². The number of carbonyl (C=O) groups is 1. The highest BCUT2D eigenvalue weighted by Crippen LogP contribution is 2.06. The van der Waals surface area contributed by atoms with Crippen LogP contribution in [0.1, 0.15) is 28.4 Å². The monoisotopic (exact) mass is 253 g/mol. The Labute approximate surface area is 112 Å². The van der Waals surface area contributed by atoms with Crippen molar-refractivity contribution in [1.82, 2.24) is 0 Å². The molecule has 0 radical (unpaired) electrons. The van der Waals surface area contributed by atoms with Gasteiger partial charge in [0, 0.05) is 0 Å². The van der Waals surface area contributed by atoms with Gasteiger partial charge in [-0.3, -0.25) is 0 Å². The largest absolute Gasteiger partial charge is 0.365 e. The van der Waals surface area contributed by atoms with Gasteiger partial charge in [-0.05, 0) is 31.5 Å². The first kappa shape index (κ1) is 13.0. The summed E-state index contributed by atoms with van der Waals surface area (Å²) in [6.45, 7) is 3.77. The lowest BCUT2D eigenvalue weighted by molar-refractivity contribution is 0.0516. The molecule has 2 aromatic carbocycles. The number of rotatable bonds is 3. The maximum atomic E-state index is 11.8. The number of hydrogen-bond donors (Lipinski definition) is 0. The van der Waals surface area contributed by atoms with E-state index in [1.54, 1.807) is 19.1 Å². The van der Waals surface area contributed by atoms with E-state index in [0.29, 0.717) is 11.3 Å². The van der Waals surface area contributed by atoms with Gasteiger partial charge < -0.3 is 4.84 Å². The summed E-state index contributed by atoms with van der Waals surface area (Å²) in [5, 5.41) is 3.86. The Hall–Kier alpha value is -2.42. The lowest BCUT2D eigenvalue weighted by atomic mass is 10.1. The summed E-state index contributed by atoms with van der Waals surface area (Å²) in [5.41, 5.74) is 3.19. The van der Waals surface area contributed by atoms with Crippen molar-refractivity contribution in [1.29, 1.82) is 0 Å². The third-order valence-corrected chi connectivity index (χ3v) is 2.74. The second-order valence-corrected chi connectivity index (χ2v) is 4.29. The lowest BCUT2D eigenvalue weighted by Crippen LogP contribution is -2.03. The van der Waals surface area contributed by atoms with Gasteiger partial charge in [0.25, 0.3) is 0 Å². The number of aryl methyl sites for hydroxylation is 1. The summed E-state index contributed by atoms with van der Waals surface area (Å²) in [6, 6.07) is 16.8. The summed E-state index contributed by atoms with van der Waals surface area (Å²) in [5.74, 6) is -0.449. The van der Waals surface area contributed by atoms with Crippen molar-refractivity contribution >= 4 is 11.7 Å². The average molecular weight is 253 g/mol. The van der Waals surface area contributed by atoms with Crippen molar-refractivity contribution in [2.24, 2.45) is 5.16 Å². The number of hydrogen-bond acceptors (Lipinski definition) is 3. The van der Waals surface area contributed by atoms with E-state index in [1.165, 1.54) is 0 Å². The molecule has 0 aliphatic heterocycles. The zero-order chi connectivity index (χ0) is 13.7. The predicted molar refractivity (Wildman–Crippen MR) is 75.2 cm³/mol. The minimum Gasteiger partial charge on any atom is -0.313 e. The van der Waals surface area contributed by atoms with Gasteiger partial charge in [-0.25, -0.2) is 4.79 Å². The van der Waals surface area contributed by atoms with E-state index in [1.807, 2.05) is 49.4 Å². The van der Waals surface area contributed by atoms with Gasteiger partial charge in [0.2, 0.25) is 0 Å². The maximum Gasteiger partial charge on any atom is 0.365 e. The Morgan fingerprint density at radius 2 is 1.58 bits per heavy atom. The van der Waals surface area contributed by atoms with Crippen LogP contribution in [0.4, 0.5) is 0 Å². The summed E-state index contributed by atoms with van der Waals surface area (Å²) >= 11 is 0. The molecular formula is C16H15NO2. The lowest BCUT2D eigenvalue weighted by Gasteiger charge is -2.01. The highest BCUT2D eigenvalue weighted by Gasteiger charge is 2.06. The van der Waals surface area contributed by atoms with Crippen molar-refractivity contribution in [2.75, 3.05) is 0 Å². The SMILES string of the molecule is CC(=NOC(=O)c1ccc(C)cc1)c1ccccc1. The van der Waals surface area contributed by atoms with Crippen molar-refractivity contribution in [2.45, 2.75) is 13.8 Å². The fraction of sp³-hybridized carbons (Fsp3) is 0.125. The van der Waals surface area contributed by atoms with Crippen LogP contribution in [0.5, 0.6) is 0 Å². The fourth-order valence-electron chi connectivity index (χ4n) is 1.58. The smallest absolute Gasteiger partial charge is 0.313 e. The summed E-state index contributed by atoms with van der Waals surface area (Å²) < 4.78 is 0. The van der Waals surface area contributed by atoms with E-state index < -0.39 is 5.97 Å². The average Bonchev–Trinajstić information content (AvgIpc) is 2.46. The van der Waals surface area contributed by atoms with Gasteiger partial charge in [-0.15, -0.1) is 0 Å². The van der Waals surface area contributed by atoms with Gasteiger partial charge in [0.15, 0.2) is 0 Å². The molecule has 0 saturated heterocycles. The zero-order valence-corrected chi connectivity index (χ0v) is 11.0.